The van der Waals surface area contributed by atoms with Gasteiger partial charge < -0.3 is 5.32 Å². The van der Waals surface area contributed by atoms with Crippen molar-refractivity contribution in [3.05, 3.63) is 84.2 Å². The van der Waals surface area contributed by atoms with E-state index < -0.39 is 11.7 Å². The fourth-order valence-electron chi connectivity index (χ4n) is 3.48. The molecule has 4 rings (SSSR count). The first-order chi connectivity index (χ1) is 14.6. The fraction of sp³-hybridized carbons (Fsp3) is 0.200. The third-order valence-electron chi connectivity index (χ3n) is 5.16. The third kappa shape index (κ3) is 4.38. The molecule has 4 aromatic rings. The highest BCUT2D eigenvalue weighted by Gasteiger charge is 2.34. The summed E-state index contributed by atoms with van der Waals surface area (Å²) < 4.78 is 40.2. The molecule has 31 heavy (non-hydrogen) atoms. The molecule has 3 nitrogen and oxygen atoms in total. The predicted octanol–water partition coefficient (Wildman–Crippen LogP) is 7.36. The van der Waals surface area contributed by atoms with Crippen LogP contribution in [0.4, 0.5) is 24.5 Å². The molecule has 2 aromatic carbocycles. The van der Waals surface area contributed by atoms with Crippen LogP contribution < -0.4 is 5.32 Å². The number of halogens is 3. The molecule has 0 aliphatic heterocycles. The number of benzene rings is 2. The Morgan fingerprint density at radius 1 is 0.806 bits per heavy atom. The molecule has 0 amide bonds. The number of anilines is 2. The second-order valence-corrected chi connectivity index (χ2v) is 8.44. The summed E-state index contributed by atoms with van der Waals surface area (Å²) in [6.07, 6.45) is -1.48. The van der Waals surface area contributed by atoms with Crippen molar-refractivity contribution in [2.45, 2.75) is 32.4 Å². The summed E-state index contributed by atoms with van der Waals surface area (Å²) in [5.41, 5.74) is 3.16. The molecule has 0 aliphatic carbocycles. The Balaban J connectivity index is 1.70. The standard InChI is InChI=1S/C25H22F3N3/c1-24(2,3)17-7-9-18(10-8-17)31-21-12-14-29-22-15-16(6-11-19(21)22)23-20(25(26,27)28)5-4-13-30-23/h4-15H,1-3H3,(H,29,31). The molecule has 0 saturated heterocycles. The van der Waals surface area contributed by atoms with Crippen LogP contribution in [0.15, 0.2) is 73.1 Å². The molecule has 0 bridgehead atoms. The Morgan fingerprint density at radius 3 is 2.23 bits per heavy atom. The van der Waals surface area contributed by atoms with Gasteiger partial charge in [-0.15, -0.1) is 0 Å². The maximum absolute atomic E-state index is 13.4. The van der Waals surface area contributed by atoms with Gasteiger partial charge in [0.25, 0.3) is 0 Å². The first-order valence-electron chi connectivity index (χ1n) is 9.92. The Morgan fingerprint density at radius 2 is 1.55 bits per heavy atom. The van der Waals surface area contributed by atoms with Crippen molar-refractivity contribution in [3.63, 3.8) is 0 Å². The summed E-state index contributed by atoms with van der Waals surface area (Å²) in [7, 11) is 0. The second kappa shape index (κ2) is 7.69. The van der Waals surface area contributed by atoms with Crippen molar-refractivity contribution >= 4 is 22.3 Å². The van der Waals surface area contributed by atoms with Gasteiger partial charge in [0.1, 0.15) is 0 Å². The molecule has 6 heteroatoms. The van der Waals surface area contributed by atoms with Gasteiger partial charge in [0.15, 0.2) is 0 Å². The van der Waals surface area contributed by atoms with Crippen LogP contribution in [0.2, 0.25) is 0 Å². The zero-order chi connectivity index (χ0) is 22.2. The van der Waals surface area contributed by atoms with Crippen LogP contribution in [-0.4, -0.2) is 9.97 Å². The first kappa shape index (κ1) is 20.8. The van der Waals surface area contributed by atoms with Crippen molar-refractivity contribution in [2.24, 2.45) is 0 Å². The predicted molar refractivity (Wildman–Crippen MR) is 118 cm³/mol. The summed E-state index contributed by atoms with van der Waals surface area (Å²) in [5, 5.41) is 4.20. The quantitative estimate of drug-likeness (QED) is 0.376. The van der Waals surface area contributed by atoms with Crippen molar-refractivity contribution in [3.8, 4) is 11.3 Å². The third-order valence-corrected chi connectivity index (χ3v) is 5.16. The molecule has 0 unspecified atom stereocenters. The lowest BCUT2D eigenvalue weighted by Gasteiger charge is -2.19. The van der Waals surface area contributed by atoms with Crippen LogP contribution in [0.1, 0.15) is 31.9 Å². The van der Waals surface area contributed by atoms with Crippen molar-refractivity contribution < 1.29 is 13.2 Å². The van der Waals surface area contributed by atoms with E-state index in [4.69, 9.17) is 0 Å². The molecule has 0 saturated carbocycles. The van der Waals surface area contributed by atoms with E-state index in [1.165, 1.54) is 17.8 Å². The van der Waals surface area contributed by atoms with Crippen LogP contribution in [0.5, 0.6) is 0 Å². The molecule has 158 valence electrons. The van der Waals surface area contributed by atoms with E-state index in [0.717, 1.165) is 22.8 Å². The van der Waals surface area contributed by atoms with E-state index in [2.05, 4.69) is 48.2 Å². The highest BCUT2D eigenvalue weighted by Crippen LogP contribution is 2.37. The van der Waals surface area contributed by atoms with E-state index in [1.54, 1.807) is 24.4 Å². The van der Waals surface area contributed by atoms with E-state index in [9.17, 15) is 13.2 Å². The topological polar surface area (TPSA) is 37.8 Å². The lowest BCUT2D eigenvalue weighted by Crippen LogP contribution is -2.10. The van der Waals surface area contributed by atoms with Gasteiger partial charge in [0.05, 0.1) is 16.8 Å². The highest BCUT2D eigenvalue weighted by atomic mass is 19.4. The second-order valence-electron chi connectivity index (χ2n) is 8.44. The molecule has 0 atom stereocenters. The number of alkyl halides is 3. The van der Waals surface area contributed by atoms with Gasteiger partial charge in [-0.3, -0.25) is 9.97 Å². The minimum absolute atomic E-state index is 0.0685. The van der Waals surface area contributed by atoms with Gasteiger partial charge in [-0.1, -0.05) is 45.0 Å². The smallest absolute Gasteiger partial charge is 0.355 e. The monoisotopic (exact) mass is 421 g/mol. The summed E-state index contributed by atoms with van der Waals surface area (Å²) in [6, 6.07) is 17.5. The van der Waals surface area contributed by atoms with Crippen LogP contribution in [0.25, 0.3) is 22.2 Å². The molecule has 2 aromatic heterocycles. The van der Waals surface area contributed by atoms with E-state index >= 15 is 0 Å². The fourth-order valence-corrected chi connectivity index (χ4v) is 3.48. The summed E-state index contributed by atoms with van der Waals surface area (Å²) in [4.78, 5) is 8.34. The number of nitrogens with one attached hydrogen (secondary N) is 1. The summed E-state index contributed by atoms with van der Waals surface area (Å²) >= 11 is 0. The summed E-state index contributed by atoms with van der Waals surface area (Å²) in [5.74, 6) is 0. The number of nitrogens with zero attached hydrogens (tertiary/aromatic N) is 2. The molecule has 0 spiro atoms. The normalized spacial score (nSPS) is 12.2. The highest BCUT2D eigenvalue weighted by molar-refractivity contribution is 5.95. The van der Waals surface area contributed by atoms with Gasteiger partial charge in [-0.2, -0.15) is 13.2 Å². The van der Waals surface area contributed by atoms with Gasteiger partial charge >= 0.3 is 6.18 Å². The van der Waals surface area contributed by atoms with E-state index in [-0.39, 0.29) is 11.1 Å². The Labute approximate surface area is 179 Å². The van der Waals surface area contributed by atoms with Gasteiger partial charge in [-0.25, -0.2) is 0 Å². The summed E-state index contributed by atoms with van der Waals surface area (Å²) in [6.45, 7) is 6.49. The van der Waals surface area contributed by atoms with Crippen LogP contribution >= 0.6 is 0 Å². The Hall–Kier alpha value is -3.41. The zero-order valence-corrected chi connectivity index (χ0v) is 17.5. The largest absolute Gasteiger partial charge is 0.418 e. The number of hydrogen-bond acceptors (Lipinski definition) is 3. The van der Waals surface area contributed by atoms with Gasteiger partial charge in [0.2, 0.25) is 0 Å². The van der Waals surface area contributed by atoms with Crippen molar-refractivity contribution in [1.29, 1.82) is 0 Å². The Bertz CT molecular complexity index is 1220. The lowest BCUT2D eigenvalue weighted by molar-refractivity contribution is -0.137. The molecule has 2 heterocycles. The minimum Gasteiger partial charge on any atom is -0.355 e. The SMILES string of the molecule is CC(C)(C)c1ccc(Nc2ccnc3cc(-c4ncccc4C(F)(F)F)ccc23)cc1. The zero-order valence-electron chi connectivity index (χ0n) is 17.5. The lowest BCUT2D eigenvalue weighted by atomic mass is 9.87. The average Bonchev–Trinajstić information content (AvgIpc) is 2.73. The molecule has 1 N–H and O–H groups in total. The van der Waals surface area contributed by atoms with Crippen LogP contribution in [0.3, 0.4) is 0 Å². The number of rotatable bonds is 3. The van der Waals surface area contributed by atoms with E-state index in [0.29, 0.717) is 11.1 Å². The van der Waals surface area contributed by atoms with Gasteiger partial charge in [0, 0.05) is 34.7 Å². The molecule has 0 fully saturated rings. The van der Waals surface area contributed by atoms with Crippen molar-refractivity contribution in [2.75, 3.05) is 5.32 Å². The van der Waals surface area contributed by atoms with Crippen LogP contribution in [0, 0.1) is 0 Å². The maximum Gasteiger partial charge on any atom is 0.418 e. The van der Waals surface area contributed by atoms with Crippen LogP contribution in [-0.2, 0) is 11.6 Å². The number of hydrogen-bond donors (Lipinski definition) is 1. The van der Waals surface area contributed by atoms with E-state index in [1.807, 2.05) is 18.2 Å². The van der Waals surface area contributed by atoms with Gasteiger partial charge in [-0.05, 0) is 47.4 Å². The maximum atomic E-state index is 13.4. The molecular formula is C25H22F3N3. The minimum atomic E-state index is -4.48. The number of fused-ring (bicyclic) bond motifs is 1. The molecular weight excluding hydrogens is 399 g/mol. The average molecular weight is 421 g/mol. The molecule has 0 aliphatic rings. The molecule has 0 radical (unpaired) electrons. The Kier molecular flexibility index (Phi) is 5.17. The first-order valence-corrected chi connectivity index (χ1v) is 9.92. The van der Waals surface area contributed by atoms with Crippen molar-refractivity contribution in [1.82, 2.24) is 9.97 Å². The number of pyridine rings is 2. The number of aromatic nitrogens is 2.